The average molecular weight is 355 g/mol. The van der Waals surface area contributed by atoms with Crippen molar-refractivity contribution in [2.24, 2.45) is 11.8 Å². The van der Waals surface area contributed by atoms with Crippen LogP contribution in [0, 0.1) is 11.8 Å². The van der Waals surface area contributed by atoms with Gasteiger partial charge in [0.15, 0.2) is 0 Å². The van der Waals surface area contributed by atoms with E-state index in [4.69, 9.17) is 16.3 Å². The van der Waals surface area contributed by atoms with Gasteiger partial charge in [-0.15, -0.1) is 0 Å². The maximum Gasteiger partial charge on any atom is 0.0951 e. The van der Waals surface area contributed by atoms with Crippen molar-refractivity contribution in [1.29, 1.82) is 0 Å². The Balaban J connectivity index is 1.66. The van der Waals surface area contributed by atoms with Gasteiger partial charge in [0.1, 0.15) is 0 Å². The molecule has 0 N–H and O–H groups in total. The van der Waals surface area contributed by atoms with Crippen LogP contribution in [0.4, 0.5) is 0 Å². The van der Waals surface area contributed by atoms with Crippen LogP contribution >= 0.6 is 11.6 Å². The number of fused-ring (bicyclic) bond motifs is 1. The molecule has 4 atom stereocenters. The Morgan fingerprint density at radius 3 is 2.88 bits per heavy atom. The number of hydrogen-bond acceptors (Lipinski definition) is 2. The highest BCUT2D eigenvalue weighted by Crippen LogP contribution is 2.39. The summed E-state index contributed by atoms with van der Waals surface area (Å²) in [6, 6.07) is 0.209. The van der Waals surface area contributed by atoms with Crippen molar-refractivity contribution in [3.05, 3.63) is 77.9 Å². The van der Waals surface area contributed by atoms with Crippen molar-refractivity contribution in [3.63, 3.8) is 0 Å². The SMILES string of the molecule is CC1(C)C=CC2C=C(C(C3C=CC(Cl)=CC3)n3ccnc3)C=CC2O1. The predicted octanol–water partition coefficient (Wildman–Crippen LogP) is 4.97. The van der Waals surface area contributed by atoms with E-state index in [9.17, 15) is 0 Å². The minimum atomic E-state index is -0.200. The van der Waals surface area contributed by atoms with E-state index < -0.39 is 0 Å². The fourth-order valence-corrected chi connectivity index (χ4v) is 4.00. The van der Waals surface area contributed by atoms with Gasteiger partial charge in [-0.3, -0.25) is 0 Å². The second-order valence-electron chi connectivity index (χ2n) is 7.45. The summed E-state index contributed by atoms with van der Waals surface area (Å²) in [4.78, 5) is 4.26. The summed E-state index contributed by atoms with van der Waals surface area (Å²) in [6.45, 7) is 4.20. The Labute approximate surface area is 154 Å². The molecule has 0 radical (unpaired) electrons. The molecule has 1 aromatic heterocycles. The zero-order chi connectivity index (χ0) is 17.4. The first-order valence-electron chi connectivity index (χ1n) is 8.80. The second kappa shape index (κ2) is 6.47. The number of allylic oxidation sites excluding steroid dienone is 6. The van der Waals surface area contributed by atoms with E-state index in [0.717, 1.165) is 11.5 Å². The van der Waals surface area contributed by atoms with Crippen LogP contribution in [-0.4, -0.2) is 21.3 Å². The molecule has 1 aliphatic heterocycles. The standard InChI is InChI=1S/C21H23ClN2O/c1-21(2)10-9-16-13-17(5-8-19(16)25-21)20(24-12-11-23-14-24)15-3-6-18(22)7-4-15/h3,5-16,19-20H,4H2,1-2H3. The highest BCUT2D eigenvalue weighted by molar-refractivity contribution is 6.31. The number of imidazole rings is 1. The Morgan fingerprint density at radius 1 is 1.28 bits per heavy atom. The molecule has 0 bridgehead atoms. The first kappa shape index (κ1) is 16.6. The maximum absolute atomic E-state index is 6.18. The third-order valence-corrected chi connectivity index (χ3v) is 5.36. The highest BCUT2D eigenvalue weighted by Gasteiger charge is 2.33. The number of aromatic nitrogens is 2. The fraction of sp³-hybridized carbons (Fsp3) is 0.381. The van der Waals surface area contributed by atoms with Crippen LogP contribution in [0.15, 0.2) is 77.9 Å². The van der Waals surface area contributed by atoms with Gasteiger partial charge in [0.25, 0.3) is 0 Å². The summed E-state index contributed by atoms with van der Waals surface area (Å²) < 4.78 is 8.37. The molecule has 4 unspecified atom stereocenters. The molecule has 0 amide bonds. The topological polar surface area (TPSA) is 27.1 Å². The Bertz CT molecular complexity index is 783. The van der Waals surface area contributed by atoms with E-state index in [1.807, 2.05) is 24.8 Å². The smallest absolute Gasteiger partial charge is 0.0951 e. The minimum absolute atomic E-state index is 0.114. The maximum atomic E-state index is 6.18. The lowest BCUT2D eigenvalue weighted by atomic mass is 9.81. The van der Waals surface area contributed by atoms with Gasteiger partial charge in [-0.05, 0) is 31.9 Å². The van der Waals surface area contributed by atoms with Crippen molar-refractivity contribution in [2.45, 2.75) is 38.0 Å². The lowest BCUT2D eigenvalue weighted by Gasteiger charge is -2.38. The molecular formula is C21H23ClN2O. The van der Waals surface area contributed by atoms with Gasteiger partial charge in [0.05, 0.1) is 24.1 Å². The third kappa shape index (κ3) is 3.44. The highest BCUT2D eigenvalue weighted by atomic mass is 35.5. The minimum Gasteiger partial charge on any atom is -0.363 e. The number of ether oxygens (including phenoxy) is 1. The van der Waals surface area contributed by atoms with E-state index in [0.29, 0.717) is 5.92 Å². The monoisotopic (exact) mass is 354 g/mol. The molecule has 2 aliphatic carbocycles. The first-order valence-corrected chi connectivity index (χ1v) is 9.18. The summed E-state index contributed by atoms with van der Waals surface area (Å²) in [5, 5.41) is 0.819. The number of halogens is 1. The van der Waals surface area contributed by atoms with Crippen LogP contribution in [0.1, 0.15) is 26.3 Å². The molecule has 0 saturated heterocycles. The van der Waals surface area contributed by atoms with Crippen LogP contribution < -0.4 is 0 Å². The molecule has 0 spiro atoms. The van der Waals surface area contributed by atoms with Crippen molar-refractivity contribution in [3.8, 4) is 0 Å². The van der Waals surface area contributed by atoms with E-state index >= 15 is 0 Å². The molecule has 0 fully saturated rings. The summed E-state index contributed by atoms with van der Waals surface area (Å²) in [5.41, 5.74) is 1.10. The zero-order valence-electron chi connectivity index (χ0n) is 14.5. The van der Waals surface area contributed by atoms with Crippen LogP contribution in [0.2, 0.25) is 0 Å². The lowest BCUT2D eigenvalue weighted by Crippen LogP contribution is -2.37. The summed E-state index contributed by atoms with van der Waals surface area (Å²) in [7, 11) is 0. The number of rotatable bonds is 3. The summed E-state index contributed by atoms with van der Waals surface area (Å²) in [5.74, 6) is 0.639. The van der Waals surface area contributed by atoms with Crippen molar-refractivity contribution in [1.82, 2.24) is 9.55 Å². The quantitative estimate of drug-likeness (QED) is 0.716. The van der Waals surface area contributed by atoms with Gasteiger partial charge in [-0.2, -0.15) is 0 Å². The van der Waals surface area contributed by atoms with Gasteiger partial charge in [0, 0.05) is 29.3 Å². The van der Waals surface area contributed by atoms with Crippen molar-refractivity contribution < 1.29 is 4.74 Å². The number of nitrogens with zero attached hydrogens (tertiary/aromatic N) is 2. The molecule has 2 heterocycles. The van der Waals surface area contributed by atoms with Crippen LogP contribution in [-0.2, 0) is 4.74 Å². The van der Waals surface area contributed by atoms with Gasteiger partial charge < -0.3 is 9.30 Å². The predicted molar refractivity (Wildman–Crippen MR) is 101 cm³/mol. The molecule has 1 aromatic rings. The Hall–Kier alpha value is -1.84. The molecule has 0 saturated carbocycles. The van der Waals surface area contributed by atoms with Crippen LogP contribution in [0.3, 0.4) is 0 Å². The van der Waals surface area contributed by atoms with E-state index in [-0.39, 0.29) is 23.7 Å². The molecule has 3 aliphatic rings. The number of hydrogen-bond donors (Lipinski definition) is 0. The van der Waals surface area contributed by atoms with Crippen molar-refractivity contribution in [2.75, 3.05) is 0 Å². The largest absolute Gasteiger partial charge is 0.363 e. The van der Waals surface area contributed by atoms with Gasteiger partial charge in [0.2, 0.25) is 0 Å². The molecule has 130 valence electrons. The van der Waals surface area contributed by atoms with Gasteiger partial charge in [-0.25, -0.2) is 4.98 Å². The summed E-state index contributed by atoms with van der Waals surface area (Å²) >= 11 is 6.12. The molecule has 4 rings (SSSR count). The van der Waals surface area contributed by atoms with Crippen LogP contribution in [0.5, 0.6) is 0 Å². The molecule has 25 heavy (non-hydrogen) atoms. The van der Waals surface area contributed by atoms with E-state index in [1.165, 1.54) is 5.57 Å². The average Bonchev–Trinajstić information content (AvgIpc) is 3.10. The second-order valence-corrected chi connectivity index (χ2v) is 7.89. The molecule has 0 aromatic carbocycles. The zero-order valence-corrected chi connectivity index (χ0v) is 15.3. The fourth-order valence-electron chi connectivity index (χ4n) is 3.84. The van der Waals surface area contributed by atoms with E-state index in [2.05, 4.69) is 65.9 Å². The normalized spacial score (nSPS) is 31.2. The first-order chi connectivity index (χ1) is 12.0. The van der Waals surface area contributed by atoms with Gasteiger partial charge in [-0.1, -0.05) is 54.1 Å². The van der Waals surface area contributed by atoms with Gasteiger partial charge >= 0.3 is 0 Å². The van der Waals surface area contributed by atoms with E-state index in [1.54, 1.807) is 0 Å². The summed E-state index contributed by atoms with van der Waals surface area (Å²) in [6.07, 6.45) is 24.3. The third-order valence-electron chi connectivity index (χ3n) is 5.08. The lowest BCUT2D eigenvalue weighted by molar-refractivity contribution is -0.0396. The Kier molecular flexibility index (Phi) is 4.30. The van der Waals surface area contributed by atoms with Crippen LogP contribution in [0.25, 0.3) is 0 Å². The molecule has 3 nitrogen and oxygen atoms in total. The molecular weight excluding hydrogens is 332 g/mol. The van der Waals surface area contributed by atoms with Crippen molar-refractivity contribution >= 4 is 11.6 Å². The Morgan fingerprint density at radius 2 is 2.16 bits per heavy atom. The molecule has 4 heteroatoms.